The second kappa shape index (κ2) is 5.99. The molecular weight excluding hydrogens is 462 g/mol. The quantitative estimate of drug-likeness (QED) is 0.159. The molecule has 0 N–H and O–H groups in total. The van der Waals surface area contributed by atoms with Gasteiger partial charge in [0.1, 0.15) is 5.65 Å². The second-order valence-electron chi connectivity index (χ2n) is 9.88. The molecular formula is C31H15N3O3. The van der Waals surface area contributed by atoms with Gasteiger partial charge < -0.3 is 0 Å². The first-order valence-electron chi connectivity index (χ1n) is 12.1. The van der Waals surface area contributed by atoms with Crippen LogP contribution >= 0.6 is 0 Å². The molecule has 2 amide bonds. The van der Waals surface area contributed by atoms with Crippen molar-refractivity contribution in [2.24, 2.45) is 0 Å². The van der Waals surface area contributed by atoms with E-state index < -0.39 is 0 Å². The van der Waals surface area contributed by atoms with Gasteiger partial charge >= 0.3 is 0 Å². The third-order valence-electron chi connectivity index (χ3n) is 8.21. The number of aromatic nitrogens is 2. The van der Waals surface area contributed by atoms with E-state index in [1.54, 1.807) is 4.40 Å². The first-order valence-corrected chi connectivity index (χ1v) is 12.1. The lowest BCUT2D eigenvalue weighted by Crippen LogP contribution is -2.36. The van der Waals surface area contributed by atoms with Gasteiger partial charge in [-0.15, -0.1) is 0 Å². The van der Waals surface area contributed by atoms with Crippen LogP contribution in [0.2, 0.25) is 0 Å². The van der Waals surface area contributed by atoms with Gasteiger partial charge in [-0.25, -0.2) is 4.98 Å². The maximum absolute atomic E-state index is 13.8. The van der Waals surface area contributed by atoms with Crippen molar-refractivity contribution in [1.29, 1.82) is 0 Å². The van der Waals surface area contributed by atoms with Crippen molar-refractivity contribution >= 4 is 82.4 Å². The molecule has 9 rings (SSSR count). The Balaban J connectivity index is 1.57. The average molecular weight is 477 g/mol. The van der Waals surface area contributed by atoms with Crippen molar-refractivity contribution in [3.05, 3.63) is 94.3 Å². The lowest BCUT2D eigenvalue weighted by atomic mass is 9.84. The molecule has 172 valence electrons. The fourth-order valence-electron chi connectivity index (χ4n) is 6.60. The molecule has 37 heavy (non-hydrogen) atoms. The average Bonchev–Trinajstić information content (AvgIpc) is 3.32. The van der Waals surface area contributed by atoms with E-state index >= 15 is 0 Å². The summed E-state index contributed by atoms with van der Waals surface area (Å²) >= 11 is 0. The Morgan fingerprint density at radius 2 is 1.08 bits per heavy atom. The van der Waals surface area contributed by atoms with Gasteiger partial charge in [-0.2, -0.15) is 0 Å². The molecule has 0 aliphatic carbocycles. The summed E-state index contributed by atoms with van der Waals surface area (Å²) in [4.78, 5) is 45.8. The van der Waals surface area contributed by atoms with Crippen molar-refractivity contribution in [3.8, 4) is 0 Å². The van der Waals surface area contributed by atoms with E-state index in [9.17, 15) is 14.4 Å². The number of benzene rings is 6. The molecule has 0 saturated heterocycles. The highest BCUT2D eigenvalue weighted by atomic mass is 16.2. The number of amides is 2. The Hall–Kier alpha value is -5.10. The van der Waals surface area contributed by atoms with Gasteiger partial charge in [-0.05, 0) is 68.7 Å². The summed E-state index contributed by atoms with van der Waals surface area (Å²) in [7, 11) is 1.52. The zero-order chi connectivity index (χ0) is 24.7. The van der Waals surface area contributed by atoms with Gasteiger partial charge in [-0.1, -0.05) is 36.4 Å². The summed E-state index contributed by atoms with van der Waals surface area (Å²) in [5.74, 6) is -0.580. The first-order chi connectivity index (χ1) is 18.0. The fraction of sp³-hybridized carbons (Fsp3) is 0.0323. The van der Waals surface area contributed by atoms with Crippen LogP contribution in [0.1, 0.15) is 20.7 Å². The van der Waals surface area contributed by atoms with Crippen molar-refractivity contribution in [2.75, 3.05) is 7.05 Å². The van der Waals surface area contributed by atoms with Crippen molar-refractivity contribution in [2.45, 2.75) is 0 Å². The Labute approximate surface area is 207 Å². The highest BCUT2D eigenvalue weighted by molar-refractivity contribution is 6.40. The van der Waals surface area contributed by atoms with Gasteiger partial charge in [0, 0.05) is 39.7 Å². The number of hydrogen-bond acceptors (Lipinski definition) is 4. The van der Waals surface area contributed by atoms with Crippen LogP contribution in [0.15, 0.2) is 77.6 Å². The fourth-order valence-corrected chi connectivity index (χ4v) is 6.60. The molecule has 8 aromatic rings. The van der Waals surface area contributed by atoms with E-state index in [0.29, 0.717) is 27.5 Å². The minimum atomic E-state index is -0.290. The third-order valence-corrected chi connectivity index (χ3v) is 8.21. The zero-order valence-electron chi connectivity index (χ0n) is 19.5. The third kappa shape index (κ3) is 1.99. The maximum atomic E-state index is 13.8. The number of nitrogens with zero attached hydrogens (tertiary/aromatic N) is 3. The molecule has 6 heteroatoms. The summed E-state index contributed by atoms with van der Waals surface area (Å²) in [6.45, 7) is 0. The standard InChI is InChI=1S/C31H15N3O3/c1-33-29(35)19-11-7-16-14-6-10-18-26-21(31(37)34-23-5-3-2-4-22(23)32-28(18)34)13-9-15(24(14)26)17-8-12-20(30(33)36)27(19)25(16)17/h2-13H,1H3. The number of hydrogen-bond donors (Lipinski definition) is 0. The van der Waals surface area contributed by atoms with Crippen LogP contribution < -0.4 is 5.56 Å². The minimum Gasteiger partial charge on any atom is -0.277 e. The molecule has 1 aliphatic heterocycles. The summed E-state index contributed by atoms with van der Waals surface area (Å²) in [5.41, 5.74) is 3.22. The molecule has 0 spiro atoms. The van der Waals surface area contributed by atoms with Gasteiger partial charge in [0.15, 0.2) is 0 Å². The normalized spacial score (nSPS) is 14.2. The molecule has 6 aromatic carbocycles. The second-order valence-corrected chi connectivity index (χ2v) is 9.88. The predicted molar refractivity (Wildman–Crippen MR) is 145 cm³/mol. The van der Waals surface area contributed by atoms with Crippen molar-refractivity contribution in [1.82, 2.24) is 14.3 Å². The molecule has 3 heterocycles. The van der Waals surface area contributed by atoms with E-state index in [-0.39, 0.29) is 17.4 Å². The van der Waals surface area contributed by atoms with E-state index in [4.69, 9.17) is 4.98 Å². The van der Waals surface area contributed by atoms with E-state index in [0.717, 1.165) is 54.1 Å². The summed E-state index contributed by atoms with van der Waals surface area (Å²) in [6, 6.07) is 23.3. The van der Waals surface area contributed by atoms with Crippen molar-refractivity contribution in [3.63, 3.8) is 0 Å². The molecule has 2 aromatic heterocycles. The number of rotatable bonds is 0. The molecule has 0 atom stereocenters. The number of pyridine rings is 1. The predicted octanol–water partition coefficient (Wildman–Crippen LogP) is 5.72. The number of fused-ring (bicyclic) bond motifs is 6. The molecule has 0 bridgehead atoms. The Morgan fingerprint density at radius 1 is 0.568 bits per heavy atom. The Bertz CT molecular complexity index is 2370. The number of imidazole rings is 1. The topological polar surface area (TPSA) is 71.8 Å². The summed E-state index contributed by atoms with van der Waals surface area (Å²) < 4.78 is 1.71. The molecule has 1 aliphatic rings. The summed E-state index contributed by atoms with van der Waals surface area (Å²) in [5, 5.41) is 8.99. The van der Waals surface area contributed by atoms with Crippen LogP contribution in [0.25, 0.3) is 70.5 Å². The monoisotopic (exact) mass is 477 g/mol. The van der Waals surface area contributed by atoms with Gasteiger partial charge in [0.05, 0.1) is 11.0 Å². The number of carbonyl (C=O) groups is 2. The number of imide groups is 1. The van der Waals surface area contributed by atoms with Crippen LogP contribution in [-0.2, 0) is 0 Å². The lowest BCUT2D eigenvalue weighted by Gasteiger charge is -2.26. The van der Waals surface area contributed by atoms with Crippen LogP contribution in [0.4, 0.5) is 0 Å². The van der Waals surface area contributed by atoms with Gasteiger partial charge in [0.25, 0.3) is 17.4 Å². The highest BCUT2D eigenvalue weighted by Crippen LogP contribution is 2.45. The van der Waals surface area contributed by atoms with Gasteiger partial charge in [0.2, 0.25) is 0 Å². The van der Waals surface area contributed by atoms with Crippen LogP contribution in [-0.4, -0.2) is 33.1 Å². The van der Waals surface area contributed by atoms with Crippen molar-refractivity contribution < 1.29 is 9.59 Å². The largest absolute Gasteiger partial charge is 0.277 e. The van der Waals surface area contributed by atoms with E-state index in [2.05, 4.69) is 6.07 Å². The number of carbonyl (C=O) groups excluding carboxylic acids is 2. The SMILES string of the molecule is CN1C(=O)c2ccc3c4ccc5c(=O)n6c7ccccc7nc6c6ccc(c7ccc(c2c37)C1=O)c4c56. The smallest absolute Gasteiger partial charge is 0.264 e. The van der Waals surface area contributed by atoms with E-state index in [1.165, 1.54) is 11.9 Å². The summed E-state index contributed by atoms with van der Waals surface area (Å²) in [6.07, 6.45) is 0. The molecule has 6 nitrogen and oxygen atoms in total. The van der Waals surface area contributed by atoms with Crippen LogP contribution in [0, 0.1) is 0 Å². The lowest BCUT2D eigenvalue weighted by molar-refractivity contribution is 0.0651. The molecule has 0 radical (unpaired) electrons. The first kappa shape index (κ1) is 19.1. The zero-order valence-corrected chi connectivity index (χ0v) is 19.5. The van der Waals surface area contributed by atoms with Crippen LogP contribution in [0.5, 0.6) is 0 Å². The van der Waals surface area contributed by atoms with Crippen LogP contribution in [0.3, 0.4) is 0 Å². The van der Waals surface area contributed by atoms with Gasteiger partial charge in [-0.3, -0.25) is 23.7 Å². The maximum Gasteiger partial charge on any atom is 0.264 e. The minimum absolute atomic E-state index is 0.0878. The van der Waals surface area contributed by atoms with E-state index in [1.807, 2.05) is 66.7 Å². The highest BCUT2D eigenvalue weighted by Gasteiger charge is 2.32. The molecule has 0 unspecified atom stereocenters. The molecule has 0 fully saturated rings. The Kier molecular flexibility index (Phi) is 3.10. The molecule has 0 saturated carbocycles. The number of para-hydroxylation sites is 2. The Morgan fingerprint density at radius 3 is 1.76 bits per heavy atom.